The van der Waals surface area contributed by atoms with Crippen LogP contribution in [0.5, 0.6) is 0 Å². The van der Waals surface area contributed by atoms with Crippen LogP contribution in [0.15, 0.2) is 29.2 Å². The standard InChI is InChI=1S/C15H18FN3O3S/c16-6-7-18-23(21,22)14-5-1-4-13(9-14)15(20)19-8-2-3-12(10-17)11-19/h1,4-5,9,12,18H,2-3,6-8,11H2/t12-/m1/s1. The number of carbonyl (C=O) groups is 1. The number of likely N-dealkylation sites (tertiary alicyclic amines) is 1. The van der Waals surface area contributed by atoms with Crippen molar-refractivity contribution in [1.29, 1.82) is 5.26 Å². The zero-order chi connectivity index (χ0) is 16.9. The highest BCUT2D eigenvalue weighted by atomic mass is 32.2. The number of rotatable bonds is 5. The molecule has 124 valence electrons. The molecule has 6 nitrogen and oxygen atoms in total. The maximum atomic E-state index is 12.5. The molecule has 1 aliphatic heterocycles. The molecule has 0 aromatic heterocycles. The highest BCUT2D eigenvalue weighted by Crippen LogP contribution is 2.19. The monoisotopic (exact) mass is 339 g/mol. The first-order valence-corrected chi connectivity index (χ1v) is 8.81. The summed E-state index contributed by atoms with van der Waals surface area (Å²) in [6.45, 7) is -0.210. The predicted octanol–water partition coefficient (Wildman–Crippen LogP) is 1.31. The molecule has 1 aliphatic rings. The van der Waals surface area contributed by atoms with Crippen LogP contribution in [0.1, 0.15) is 23.2 Å². The molecule has 0 spiro atoms. The number of hydrogen-bond donors (Lipinski definition) is 1. The number of amides is 1. The fourth-order valence-corrected chi connectivity index (χ4v) is 3.55. The number of nitriles is 1. The fraction of sp³-hybridized carbons (Fsp3) is 0.467. The SMILES string of the molecule is N#C[C@H]1CCCN(C(=O)c2cccc(S(=O)(=O)NCCF)c2)C1. The van der Waals surface area contributed by atoms with Crippen molar-refractivity contribution in [1.82, 2.24) is 9.62 Å². The molecule has 8 heteroatoms. The van der Waals surface area contributed by atoms with Crippen molar-refractivity contribution < 1.29 is 17.6 Å². The smallest absolute Gasteiger partial charge is 0.253 e. The minimum atomic E-state index is -3.84. The number of benzene rings is 1. The molecule has 1 aromatic carbocycles. The lowest BCUT2D eigenvalue weighted by atomic mass is 9.99. The number of carbonyl (C=O) groups excluding carboxylic acids is 1. The van der Waals surface area contributed by atoms with Crippen molar-refractivity contribution in [3.8, 4) is 6.07 Å². The van der Waals surface area contributed by atoms with Crippen molar-refractivity contribution in [3.63, 3.8) is 0 Å². The van der Waals surface area contributed by atoms with Gasteiger partial charge in [-0.1, -0.05) is 6.07 Å². The number of hydrogen-bond acceptors (Lipinski definition) is 4. The first-order valence-electron chi connectivity index (χ1n) is 7.32. The number of sulfonamides is 1. The number of nitrogens with one attached hydrogen (secondary N) is 1. The third kappa shape index (κ3) is 4.27. The van der Waals surface area contributed by atoms with Gasteiger partial charge >= 0.3 is 0 Å². The van der Waals surface area contributed by atoms with Crippen LogP contribution in [0.4, 0.5) is 4.39 Å². The molecule has 1 aromatic rings. The summed E-state index contributed by atoms with van der Waals surface area (Å²) >= 11 is 0. The van der Waals surface area contributed by atoms with Crippen LogP contribution in [0, 0.1) is 17.2 Å². The summed E-state index contributed by atoms with van der Waals surface area (Å²) < 4.78 is 38.3. The van der Waals surface area contributed by atoms with E-state index in [0.29, 0.717) is 13.1 Å². The molecule has 1 atom stereocenters. The Bertz CT molecular complexity index is 715. The van der Waals surface area contributed by atoms with Gasteiger partial charge in [0, 0.05) is 25.2 Å². The summed E-state index contributed by atoms with van der Waals surface area (Å²) in [6.07, 6.45) is 1.52. The highest BCUT2D eigenvalue weighted by Gasteiger charge is 2.25. The van der Waals surface area contributed by atoms with Crippen LogP contribution in [0.25, 0.3) is 0 Å². The molecule has 0 bridgehead atoms. The van der Waals surface area contributed by atoms with E-state index in [9.17, 15) is 17.6 Å². The van der Waals surface area contributed by atoms with Gasteiger partial charge in [0.1, 0.15) is 6.67 Å². The second-order valence-corrected chi connectivity index (χ2v) is 7.10. The van der Waals surface area contributed by atoms with Crippen LogP contribution in [0.2, 0.25) is 0 Å². The average Bonchev–Trinajstić information content (AvgIpc) is 2.59. The number of nitrogens with zero attached hydrogens (tertiary/aromatic N) is 2. The summed E-state index contributed by atoms with van der Waals surface area (Å²) in [5, 5.41) is 8.99. The van der Waals surface area contributed by atoms with Gasteiger partial charge in [-0.15, -0.1) is 0 Å². The molecule has 1 saturated heterocycles. The summed E-state index contributed by atoms with van der Waals surface area (Å²) in [5.74, 6) is -0.488. The zero-order valence-corrected chi connectivity index (χ0v) is 13.4. The van der Waals surface area contributed by atoms with Crippen molar-refractivity contribution in [2.75, 3.05) is 26.3 Å². The fourth-order valence-electron chi connectivity index (χ4n) is 2.50. The first kappa shape index (κ1) is 17.4. The summed E-state index contributed by atoms with van der Waals surface area (Å²) in [7, 11) is -3.84. The number of piperidine rings is 1. The minimum Gasteiger partial charge on any atom is -0.337 e. The van der Waals surface area contributed by atoms with Crippen LogP contribution in [-0.2, 0) is 10.0 Å². The second kappa shape index (κ2) is 7.53. The van der Waals surface area contributed by atoms with Gasteiger partial charge in [-0.25, -0.2) is 17.5 Å². The van der Waals surface area contributed by atoms with Crippen LogP contribution in [0.3, 0.4) is 0 Å². The highest BCUT2D eigenvalue weighted by molar-refractivity contribution is 7.89. The normalized spacial score (nSPS) is 18.4. The molecule has 23 heavy (non-hydrogen) atoms. The molecule has 1 fully saturated rings. The van der Waals surface area contributed by atoms with E-state index in [4.69, 9.17) is 5.26 Å². The van der Waals surface area contributed by atoms with E-state index in [-0.39, 0.29) is 28.8 Å². The summed E-state index contributed by atoms with van der Waals surface area (Å²) in [4.78, 5) is 14.0. The van der Waals surface area contributed by atoms with Gasteiger partial charge in [-0.05, 0) is 31.0 Å². The van der Waals surface area contributed by atoms with Gasteiger partial charge in [0.25, 0.3) is 5.91 Å². The lowest BCUT2D eigenvalue weighted by Gasteiger charge is -2.29. The second-order valence-electron chi connectivity index (χ2n) is 5.33. The maximum absolute atomic E-state index is 12.5. The van der Waals surface area contributed by atoms with Crippen molar-refractivity contribution in [2.45, 2.75) is 17.7 Å². The van der Waals surface area contributed by atoms with Crippen LogP contribution < -0.4 is 4.72 Å². The van der Waals surface area contributed by atoms with Gasteiger partial charge < -0.3 is 4.90 Å². The molecule has 0 saturated carbocycles. The van der Waals surface area contributed by atoms with Crippen LogP contribution in [-0.4, -0.2) is 45.5 Å². The predicted molar refractivity (Wildman–Crippen MR) is 81.8 cm³/mol. The van der Waals surface area contributed by atoms with Gasteiger partial charge in [-0.2, -0.15) is 5.26 Å². The Hall–Kier alpha value is -1.98. The Labute approximate surface area is 135 Å². The van der Waals surface area contributed by atoms with Gasteiger partial charge in [-0.3, -0.25) is 4.79 Å². The molecule has 0 radical (unpaired) electrons. The minimum absolute atomic E-state index is 0.0781. The Morgan fingerprint density at radius 1 is 1.48 bits per heavy atom. The molecule has 0 aliphatic carbocycles. The van der Waals surface area contributed by atoms with Crippen molar-refractivity contribution in [3.05, 3.63) is 29.8 Å². The van der Waals surface area contributed by atoms with E-state index >= 15 is 0 Å². The third-order valence-corrected chi connectivity index (χ3v) is 5.13. The topological polar surface area (TPSA) is 90.3 Å². The van der Waals surface area contributed by atoms with E-state index in [0.717, 1.165) is 12.8 Å². The quantitative estimate of drug-likeness (QED) is 0.876. The lowest BCUT2D eigenvalue weighted by molar-refractivity contribution is 0.0698. The molecule has 1 heterocycles. The van der Waals surface area contributed by atoms with E-state index in [1.54, 1.807) is 4.90 Å². The van der Waals surface area contributed by atoms with Crippen molar-refractivity contribution >= 4 is 15.9 Å². The van der Waals surface area contributed by atoms with Crippen LogP contribution >= 0.6 is 0 Å². The first-order chi connectivity index (χ1) is 11.0. The number of alkyl halides is 1. The maximum Gasteiger partial charge on any atom is 0.253 e. The molecule has 2 rings (SSSR count). The van der Waals surface area contributed by atoms with E-state index in [1.165, 1.54) is 24.3 Å². The molecular formula is C15H18FN3O3S. The lowest BCUT2D eigenvalue weighted by Crippen LogP contribution is -2.39. The van der Waals surface area contributed by atoms with E-state index in [1.807, 2.05) is 0 Å². The zero-order valence-electron chi connectivity index (χ0n) is 12.5. The largest absolute Gasteiger partial charge is 0.337 e. The Morgan fingerprint density at radius 3 is 2.96 bits per heavy atom. The average molecular weight is 339 g/mol. The molecular weight excluding hydrogens is 321 g/mol. The Morgan fingerprint density at radius 2 is 2.26 bits per heavy atom. The van der Waals surface area contributed by atoms with Crippen molar-refractivity contribution in [2.24, 2.45) is 5.92 Å². The van der Waals surface area contributed by atoms with Gasteiger partial charge in [0.2, 0.25) is 10.0 Å². The summed E-state index contributed by atoms with van der Waals surface area (Å²) in [6, 6.07) is 7.80. The van der Waals surface area contributed by atoms with Gasteiger partial charge in [0.15, 0.2) is 0 Å². The third-order valence-electron chi connectivity index (χ3n) is 3.67. The molecule has 1 N–H and O–H groups in total. The Balaban J connectivity index is 2.19. The Kier molecular flexibility index (Phi) is 5.69. The van der Waals surface area contributed by atoms with Gasteiger partial charge in [0.05, 0.1) is 16.9 Å². The molecule has 1 amide bonds. The van der Waals surface area contributed by atoms with E-state index < -0.39 is 16.7 Å². The van der Waals surface area contributed by atoms with E-state index in [2.05, 4.69) is 10.8 Å². The number of halogens is 1. The molecule has 0 unspecified atom stereocenters. The summed E-state index contributed by atoms with van der Waals surface area (Å²) in [5.41, 5.74) is 0.242.